The van der Waals surface area contributed by atoms with Gasteiger partial charge in [0.2, 0.25) is 0 Å². The van der Waals surface area contributed by atoms with E-state index in [1.54, 1.807) is 0 Å². The largest absolute Gasteiger partial charge is 0.313 e. The van der Waals surface area contributed by atoms with Crippen LogP contribution in [0.1, 0.15) is 51.1 Å². The van der Waals surface area contributed by atoms with Crippen LogP contribution in [0.2, 0.25) is 0 Å². The number of rotatable bonds is 6. The van der Waals surface area contributed by atoms with Crippen LogP contribution in [0.3, 0.4) is 0 Å². The minimum Gasteiger partial charge on any atom is -0.313 e. The van der Waals surface area contributed by atoms with E-state index < -0.39 is 0 Å². The third-order valence-corrected chi connectivity index (χ3v) is 4.38. The summed E-state index contributed by atoms with van der Waals surface area (Å²) in [6.07, 6.45) is 4.41. The van der Waals surface area contributed by atoms with E-state index in [2.05, 4.69) is 54.4 Å². The van der Waals surface area contributed by atoms with Gasteiger partial charge in [-0.2, -0.15) is 5.26 Å². The number of nitrogens with zero attached hydrogens (tertiary/aromatic N) is 2. The Morgan fingerprint density at radius 2 is 2.05 bits per heavy atom. The van der Waals surface area contributed by atoms with Crippen molar-refractivity contribution in [3.05, 3.63) is 35.9 Å². The highest BCUT2D eigenvalue weighted by molar-refractivity contribution is 5.20. The highest BCUT2D eigenvalue weighted by atomic mass is 15.2. The first-order chi connectivity index (χ1) is 10.2. The molecule has 0 amide bonds. The van der Waals surface area contributed by atoms with Crippen LogP contribution in [0.15, 0.2) is 30.3 Å². The van der Waals surface area contributed by atoms with E-state index in [1.165, 1.54) is 24.8 Å². The van der Waals surface area contributed by atoms with Gasteiger partial charge in [0, 0.05) is 24.7 Å². The van der Waals surface area contributed by atoms with Crippen molar-refractivity contribution in [3.63, 3.8) is 0 Å². The summed E-state index contributed by atoms with van der Waals surface area (Å²) in [7, 11) is 0. The maximum atomic E-state index is 9.24. The monoisotopic (exact) mass is 285 g/mol. The van der Waals surface area contributed by atoms with Gasteiger partial charge in [-0.1, -0.05) is 36.8 Å². The van der Waals surface area contributed by atoms with Crippen LogP contribution >= 0.6 is 0 Å². The molecule has 114 valence electrons. The molecule has 1 aliphatic rings. The van der Waals surface area contributed by atoms with Gasteiger partial charge in [0.05, 0.1) is 12.5 Å². The van der Waals surface area contributed by atoms with E-state index in [0.29, 0.717) is 18.5 Å². The summed E-state index contributed by atoms with van der Waals surface area (Å²) in [5, 5.41) is 12.9. The zero-order valence-electron chi connectivity index (χ0n) is 13.3. The summed E-state index contributed by atoms with van der Waals surface area (Å²) in [6, 6.07) is 14.0. The van der Waals surface area contributed by atoms with E-state index in [4.69, 9.17) is 0 Å². The van der Waals surface area contributed by atoms with Crippen molar-refractivity contribution in [1.29, 1.82) is 5.26 Å². The summed E-state index contributed by atoms with van der Waals surface area (Å²) in [4.78, 5) is 2.49. The Morgan fingerprint density at radius 1 is 1.29 bits per heavy atom. The van der Waals surface area contributed by atoms with Crippen LogP contribution in [-0.4, -0.2) is 30.1 Å². The van der Waals surface area contributed by atoms with Gasteiger partial charge in [-0.05, 0) is 38.8 Å². The molecule has 1 N–H and O–H groups in total. The van der Waals surface area contributed by atoms with E-state index in [1.807, 2.05) is 6.07 Å². The molecule has 3 heteroatoms. The average molecular weight is 285 g/mol. The van der Waals surface area contributed by atoms with Crippen LogP contribution in [-0.2, 0) is 0 Å². The molecule has 21 heavy (non-hydrogen) atoms. The minimum absolute atomic E-state index is 0.194. The Kier molecular flexibility index (Phi) is 6.22. The average Bonchev–Trinajstić information content (AvgIpc) is 2.52. The Hall–Kier alpha value is -1.37. The molecule has 1 aliphatic heterocycles. The van der Waals surface area contributed by atoms with Crippen molar-refractivity contribution in [1.82, 2.24) is 10.2 Å². The van der Waals surface area contributed by atoms with Crippen molar-refractivity contribution in [2.24, 2.45) is 0 Å². The molecule has 1 heterocycles. The summed E-state index contributed by atoms with van der Waals surface area (Å²) in [5.74, 6) is 0. The lowest BCUT2D eigenvalue weighted by Crippen LogP contribution is -2.47. The molecule has 0 saturated carbocycles. The van der Waals surface area contributed by atoms with Gasteiger partial charge >= 0.3 is 0 Å². The van der Waals surface area contributed by atoms with Crippen molar-refractivity contribution < 1.29 is 0 Å². The van der Waals surface area contributed by atoms with Crippen LogP contribution in [0.4, 0.5) is 0 Å². The summed E-state index contributed by atoms with van der Waals surface area (Å²) >= 11 is 0. The maximum Gasteiger partial charge on any atom is 0.0641 e. The lowest BCUT2D eigenvalue weighted by atomic mass is 9.98. The normalized spacial score (nSPS) is 20.4. The molecule has 2 atom stereocenters. The molecule has 2 rings (SSSR count). The second-order valence-corrected chi connectivity index (χ2v) is 6.23. The second-order valence-electron chi connectivity index (χ2n) is 6.23. The molecule has 2 unspecified atom stereocenters. The topological polar surface area (TPSA) is 39.1 Å². The summed E-state index contributed by atoms with van der Waals surface area (Å²) < 4.78 is 0. The standard InChI is InChI=1S/C18H27N3/c1-15(2)21(14-17-10-6-7-13-20-17)18(11-12-19)16-8-4-3-5-9-16/h3-5,8-9,15,17-18,20H,6-7,10-11,13-14H2,1-2H3. The molecule has 0 bridgehead atoms. The first kappa shape index (κ1) is 16.0. The van der Waals surface area contributed by atoms with Gasteiger partial charge in [0.25, 0.3) is 0 Å². The number of hydrogen-bond donors (Lipinski definition) is 1. The lowest BCUT2D eigenvalue weighted by molar-refractivity contribution is 0.130. The molecule has 0 radical (unpaired) electrons. The van der Waals surface area contributed by atoms with Crippen molar-refractivity contribution in [2.45, 2.75) is 57.7 Å². The van der Waals surface area contributed by atoms with Gasteiger partial charge in [0.1, 0.15) is 0 Å². The Bertz CT molecular complexity index is 443. The van der Waals surface area contributed by atoms with Crippen molar-refractivity contribution in [3.8, 4) is 6.07 Å². The van der Waals surface area contributed by atoms with Crippen molar-refractivity contribution >= 4 is 0 Å². The number of benzene rings is 1. The number of hydrogen-bond acceptors (Lipinski definition) is 3. The third-order valence-electron chi connectivity index (χ3n) is 4.38. The molecule has 3 nitrogen and oxygen atoms in total. The second kappa shape index (κ2) is 8.17. The molecule has 1 fully saturated rings. The van der Waals surface area contributed by atoms with Crippen LogP contribution in [0.25, 0.3) is 0 Å². The Labute approximate surface area is 129 Å². The predicted octanol–water partition coefficient (Wildman–Crippen LogP) is 3.49. The van der Waals surface area contributed by atoms with Gasteiger partial charge in [0.15, 0.2) is 0 Å². The Balaban J connectivity index is 2.14. The fraction of sp³-hybridized carbons (Fsp3) is 0.611. The van der Waals surface area contributed by atoms with Crippen molar-refractivity contribution in [2.75, 3.05) is 13.1 Å². The number of piperidine rings is 1. The molecule has 1 saturated heterocycles. The molecule has 0 aromatic heterocycles. The number of nitrogens with one attached hydrogen (secondary N) is 1. The van der Waals surface area contributed by atoms with Gasteiger partial charge in [-0.15, -0.1) is 0 Å². The van der Waals surface area contributed by atoms with E-state index in [0.717, 1.165) is 13.1 Å². The van der Waals surface area contributed by atoms with E-state index in [-0.39, 0.29) is 6.04 Å². The van der Waals surface area contributed by atoms with E-state index >= 15 is 0 Å². The summed E-state index contributed by atoms with van der Waals surface area (Å²) in [5.41, 5.74) is 1.25. The van der Waals surface area contributed by atoms with Gasteiger partial charge in [-0.3, -0.25) is 4.90 Å². The van der Waals surface area contributed by atoms with Crippen LogP contribution in [0.5, 0.6) is 0 Å². The smallest absolute Gasteiger partial charge is 0.0641 e. The molecule has 1 aromatic carbocycles. The maximum absolute atomic E-state index is 9.24. The first-order valence-corrected chi connectivity index (χ1v) is 8.13. The molecule has 0 spiro atoms. The lowest BCUT2D eigenvalue weighted by Gasteiger charge is -2.38. The zero-order valence-corrected chi connectivity index (χ0v) is 13.3. The summed E-state index contributed by atoms with van der Waals surface area (Å²) in [6.45, 7) is 6.62. The molecule has 0 aliphatic carbocycles. The fourth-order valence-corrected chi connectivity index (χ4v) is 3.22. The fourth-order valence-electron chi connectivity index (χ4n) is 3.22. The SMILES string of the molecule is CC(C)N(CC1CCCCN1)C(CC#N)c1ccccc1. The number of nitriles is 1. The van der Waals surface area contributed by atoms with Gasteiger partial charge in [-0.25, -0.2) is 0 Å². The van der Waals surface area contributed by atoms with E-state index in [9.17, 15) is 5.26 Å². The highest BCUT2D eigenvalue weighted by Crippen LogP contribution is 2.27. The minimum atomic E-state index is 0.194. The molecular formula is C18H27N3. The molecule has 1 aromatic rings. The van der Waals surface area contributed by atoms with Crippen LogP contribution < -0.4 is 5.32 Å². The Morgan fingerprint density at radius 3 is 2.62 bits per heavy atom. The molecular weight excluding hydrogens is 258 g/mol. The highest BCUT2D eigenvalue weighted by Gasteiger charge is 2.26. The zero-order chi connectivity index (χ0) is 15.1. The quantitative estimate of drug-likeness (QED) is 0.869. The first-order valence-electron chi connectivity index (χ1n) is 8.13. The third kappa shape index (κ3) is 4.56. The predicted molar refractivity (Wildman–Crippen MR) is 86.9 cm³/mol. The van der Waals surface area contributed by atoms with Crippen LogP contribution in [0, 0.1) is 11.3 Å². The van der Waals surface area contributed by atoms with Gasteiger partial charge < -0.3 is 5.32 Å².